The van der Waals surface area contributed by atoms with E-state index < -0.39 is 0 Å². The van der Waals surface area contributed by atoms with Gasteiger partial charge in [-0.25, -0.2) is 0 Å². The van der Waals surface area contributed by atoms with Crippen molar-refractivity contribution in [3.8, 4) is 5.75 Å². The van der Waals surface area contributed by atoms with Crippen LogP contribution in [0, 0.1) is 11.8 Å². The second-order valence-electron chi connectivity index (χ2n) is 9.30. The largest absolute Gasteiger partial charge is 0.497 e. The number of rotatable bonds is 2. The van der Waals surface area contributed by atoms with E-state index in [1.807, 2.05) is 0 Å². The third-order valence-electron chi connectivity index (χ3n) is 8.56. The number of methoxy groups -OCH3 is 1. The summed E-state index contributed by atoms with van der Waals surface area (Å²) in [5, 5.41) is 0. The van der Waals surface area contributed by atoms with E-state index in [-0.39, 0.29) is 17.5 Å². The van der Waals surface area contributed by atoms with Crippen molar-refractivity contribution in [3.63, 3.8) is 0 Å². The van der Waals surface area contributed by atoms with Gasteiger partial charge < -0.3 is 14.4 Å². The molecular formula is C23H28N2O3. The van der Waals surface area contributed by atoms with Gasteiger partial charge in [-0.15, -0.1) is 0 Å². The molecule has 0 radical (unpaired) electrons. The number of hydrogen-bond donors (Lipinski definition) is 0. The molecule has 1 aliphatic carbocycles. The molecule has 8 atom stereocenters. The van der Waals surface area contributed by atoms with E-state index in [0.717, 1.165) is 18.7 Å². The molecule has 0 aromatic heterocycles. The normalized spacial score (nSPS) is 45.4. The summed E-state index contributed by atoms with van der Waals surface area (Å²) in [5.74, 6) is 1.68. The number of allylic oxidation sites excluding steroid dienone is 1. The highest BCUT2D eigenvalue weighted by Gasteiger charge is 2.75. The Bertz CT molecular complexity index is 911. The molecule has 148 valence electrons. The molecule has 28 heavy (non-hydrogen) atoms. The summed E-state index contributed by atoms with van der Waals surface area (Å²) < 4.78 is 11.8. The van der Waals surface area contributed by atoms with E-state index in [1.165, 1.54) is 17.7 Å². The molecule has 4 saturated heterocycles. The molecule has 5 aliphatic heterocycles. The van der Waals surface area contributed by atoms with Gasteiger partial charge in [0, 0.05) is 44.2 Å². The fourth-order valence-corrected chi connectivity index (χ4v) is 7.83. The fourth-order valence-electron chi connectivity index (χ4n) is 7.83. The van der Waals surface area contributed by atoms with E-state index in [9.17, 15) is 4.79 Å². The summed E-state index contributed by atoms with van der Waals surface area (Å²) in [6.07, 6.45) is 4.50. The average molecular weight is 380 g/mol. The third kappa shape index (κ3) is 1.71. The third-order valence-corrected chi connectivity index (χ3v) is 8.56. The summed E-state index contributed by atoms with van der Waals surface area (Å²) >= 11 is 0. The predicted molar refractivity (Wildman–Crippen MR) is 107 cm³/mol. The molecule has 8 unspecified atom stereocenters. The second kappa shape index (κ2) is 5.32. The Morgan fingerprint density at radius 3 is 2.86 bits per heavy atom. The first-order valence-corrected chi connectivity index (χ1v) is 10.5. The molecule has 5 heterocycles. The molecule has 0 N–H and O–H groups in total. The molecule has 0 amide bonds. The average Bonchev–Trinajstić information content (AvgIpc) is 3.10. The van der Waals surface area contributed by atoms with Crippen LogP contribution in [-0.4, -0.2) is 55.8 Å². The van der Waals surface area contributed by atoms with E-state index in [0.29, 0.717) is 30.0 Å². The lowest BCUT2D eigenvalue weighted by Gasteiger charge is -2.58. The molecule has 5 heteroatoms. The summed E-state index contributed by atoms with van der Waals surface area (Å²) in [6, 6.07) is 7.84. The molecule has 5 fully saturated rings. The van der Waals surface area contributed by atoms with E-state index in [4.69, 9.17) is 9.47 Å². The van der Waals surface area contributed by atoms with Crippen LogP contribution in [-0.2, 0) is 14.9 Å². The standard InChI is InChI=1S/C23H28N2O3/c1-5-13-11-25-18-9-15(13)20-19(25)10-23(22(20)28-12(2)26)16-8-14(27-4)6-7-17(16)24(3)21(18)23/h5-8,15,18-22H,9-11H2,1-4H3. The summed E-state index contributed by atoms with van der Waals surface area (Å²) in [7, 11) is 3.96. The van der Waals surface area contributed by atoms with Crippen molar-refractivity contribution < 1.29 is 14.3 Å². The molecule has 5 bridgehead atoms. The number of fused-ring (bicyclic) bond motifs is 2. The highest BCUT2D eigenvalue weighted by atomic mass is 16.5. The minimum absolute atomic E-state index is 0.0638. The molecule has 1 saturated carbocycles. The Labute approximate surface area is 166 Å². The van der Waals surface area contributed by atoms with Crippen molar-refractivity contribution >= 4 is 11.7 Å². The van der Waals surface area contributed by atoms with Gasteiger partial charge in [0.25, 0.3) is 0 Å². The van der Waals surface area contributed by atoms with Gasteiger partial charge in [0.15, 0.2) is 0 Å². The maximum absolute atomic E-state index is 12.2. The smallest absolute Gasteiger partial charge is 0.302 e. The van der Waals surface area contributed by atoms with Gasteiger partial charge in [-0.05, 0) is 49.4 Å². The number of benzene rings is 1. The summed E-state index contributed by atoms with van der Waals surface area (Å²) in [4.78, 5) is 17.5. The second-order valence-corrected chi connectivity index (χ2v) is 9.30. The van der Waals surface area contributed by atoms with Crippen LogP contribution < -0.4 is 9.64 Å². The Balaban J connectivity index is 1.60. The number of carbonyl (C=O) groups excluding carboxylic acids is 1. The number of hydrogen-bond acceptors (Lipinski definition) is 5. The highest BCUT2D eigenvalue weighted by molar-refractivity contribution is 5.71. The summed E-state index contributed by atoms with van der Waals surface area (Å²) in [5.41, 5.74) is 4.02. The number of ether oxygens (including phenoxy) is 2. The number of esters is 1. The number of carbonyl (C=O) groups is 1. The van der Waals surface area contributed by atoms with Crippen molar-refractivity contribution in [1.29, 1.82) is 0 Å². The van der Waals surface area contributed by atoms with Crippen LogP contribution in [0.25, 0.3) is 0 Å². The minimum Gasteiger partial charge on any atom is -0.497 e. The van der Waals surface area contributed by atoms with Crippen molar-refractivity contribution in [3.05, 3.63) is 35.4 Å². The zero-order valence-electron chi connectivity index (χ0n) is 17.0. The highest BCUT2D eigenvalue weighted by Crippen LogP contribution is 2.68. The first-order chi connectivity index (χ1) is 13.5. The van der Waals surface area contributed by atoms with Crippen LogP contribution in [0.1, 0.15) is 32.3 Å². The number of likely N-dealkylation sites (N-methyl/N-ethyl adjacent to an activating group) is 1. The molecule has 1 spiro atoms. The van der Waals surface area contributed by atoms with Gasteiger partial charge in [-0.1, -0.05) is 11.6 Å². The Morgan fingerprint density at radius 1 is 1.32 bits per heavy atom. The number of anilines is 1. The Hall–Kier alpha value is -2.01. The SMILES string of the molecule is CC=C1CN2C3CC45c6cc(OC)ccc6N(C)C4C2CC1C3C5OC(C)=O. The molecule has 6 aliphatic rings. The molecule has 1 aromatic rings. The zero-order valence-corrected chi connectivity index (χ0v) is 17.0. The van der Waals surface area contributed by atoms with Crippen LogP contribution in [0.2, 0.25) is 0 Å². The van der Waals surface area contributed by atoms with Crippen molar-refractivity contribution in [1.82, 2.24) is 4.90 Å². The maximum Gasteiger partial charge on any atom is 0.302 e. The van der Waals surface area contributed by atoms with Crippen LogP contribution >= 0.6 is 0 Å². The van der Waals surface area contributed by atoms with Crippen molar-refractivity contribution in [2.24, 2.45) is 11.8 Å². The van der Waals surface area contributed by atoms with Gasteiger partial charge in [0.2, 0.25) is 0 Å². The quantitative estimate of drug-likeness (QED) is 0.583. The van der Waals surface area contributed by atoms with Crippen LogP contribution in [0.4, 0.5) is 5.69 Å². The Kier molecular flexibility index (Phi) is 3.21. The van der Waals surface area contributed by atoms with Crippen molar-refractivity contribution in [2.75, 3.05) is 25.6 Å². The van der Waals surface area contributed by atoms with Gasteiger partial charge in [-0.2, -0.15) is 0 Å². The number of piperidine rings is 4. The fraction of sp³-hybridized carbons (Fsp3) is 0.609. The molecule has 1 aromatic carbocycles. The van der Waals surface area contributed by atoms with E-state index >= 15 is 0 Å². The lowest BCUT2D eigenvalue weighted by Crippen LogP contribution is -2.68. The van der Waals surface area contributed by atoms with Gasteiger partial charge in [-0.3, -0.25) is 9.69 Å². The molecule has 5 nitrogen and oxygen atoms in total. The van der Waals surface area contributed by atoms with E-state index in [2.05, 4.69) is 48.0 Å². The lowest BCUT2D eigenvalue weighted by atomic mass is 9.65. The van der Waals surface area contributed by atoms with Crippen LogP contribution in [0.5, 0.6) is 5.75 Å². The van der Waals surface area contributed by atoms with Gasteiger partial charge >= 0.3 is 5.97 Å². The van der Waals surface area contributed by atoms with Crippen LogP contribution in [0.15, 0.2) is 29.8 Å². The minimum atomic E-state index is -0.152. The zero-order chi connectivity index (χ0) is 19.4. The predicted octanol–water partition coefficient (Wildman–Crippen LogP) is 2.74. The topological polar surface area (TPSA) is 42.0 Å². The van der Waals surface area contributed by atoms with E-state index in [1.54, 1.807) is 19.6 Å². The monoisotopic (exact) mass is 380 g/mol. The summed E-state index contributed by atoms with van der Waals surface area (Å²) in [6.45, 7) is 4.82. The van der Waals surface area contributed by atoms with Crippen molar-refractivity contribution in [2.45, 2.75) is 56.3 Å². The van der Waals surface area contributed by atoms with Gasteiger partial charge in [0.05, 0.1) is 18.6 Å². The Morgan fingerprint density at radius 2 is 2.14 bits per heavy atom. The molecular weight excluding hydrogens is 352 g/mol. The first-order valence-electron chi connectivity index (χ1n) is 10.5. The lowest BCUT2D eigenvalue weighted by molar-refractivity contribution is -0.152. The number of nitrogens with zero attached hydrogens (tertiary/aromatic N) is 2. The van der Waals surface area contributed by atoms with Crippen LogP contribution in [0.3, 0.4) is 0 Å². The first kappa shape index (κ1) is 16.9. The maximum atomic E-state index is 12.2. The molecule has 7 rings (SSSR count). The van der Waals surface area contributed by atoms with Gasteiger partial charge in [0.1, 0.15) is 11.9 Å².